The molecule has 0 saturated carbocycles. The number of anilines is 1. The fourth-order valence-corrected chi connectivity index (χ4v) is 4.81. The Labute approximate surface area is 180 Å². The summed E-state index contributed by atoms with van der Waals surface area (Å²) >= 11 is 0. The topological polar surface area (TPSA) is 180 Å². The molecular weight excluding hydrogens is 451 g/mol. The van der Waals surface area contributed by atoms with Crippen molar-refractivity contribution in [2.75, 3.05) is 18.6 Å². The second kappa shape index (κ2) is 8.26. The van der Waals surface area contributed by atoms with Gasteiger partial charge in [-0.1, -0.05) is 26.2 Å². The van der Waals surface area contributed by atoms with Crippen LogP contribution >= 0.6 is 7.82 Å². The van der Waals surface area contributed by atoms with Gasteiger partial charge in [0.05, 0.1) is 6.61 Å². The zero-order valence-electron chi connectivity index (χ0n) is 17.0. The quantitative estimate of drug-likeness (QED) is 0.210. The fourth-order valence-electron chi connectivity index (χ4n) is 3.83. The first-order valence-electron chi connectivity index (χ1n) is 10.3. The number of ether oxygens (including phenoxy) is 1. The molecule has 5 heterocycles. The van der Waals surface area contributed by atoms with Crippen molar-refractivity contribution in [2.24, 2.45) is 0 Å². The summed E-state index contributed by atoms with van der Waals surface area (Å²) in [6.45, 7) is 2.23. The van der Waals surface area contributed by atoms with Crippen molar-refractivity contribution in [1.29, 1.82) is 0 Å². The van der Waals surface area contributed by atoms with E-state index in [4.69, 9.17) is 23.3 Å². The number of aliphatic hydroxyl groups is 2. The van der Waals surface area contributed by atoms with Crippen LogP contribution in [0.2, 0.25) is 0 Å². The van der Waals surface area contributed by atoms with Crippen LogP contribution in [0.25, 0.3) is 11.2 Å². The van der Waals surface area contributed by atoms with Crippen LogP contribution in [0.4, 0.5) is 5.95 Å². The Balaban J connectivity index is 1.46. The average Bonchev–Trinajstić information content (AvgIpc) is 3.25. The molecule has 3 aliphatic rings. The molecule has 1 saturated heterocycles. The van der Waals surface area contributed by atoms with Crippen LogP contribution in [0.5, 0.6) is 6.01 Å². The van der Waals surface area contributed by atoms with Gasteiger partial charge in [-0.25, -0.2) is 20.1 Å². The minimum absolute atomic E-state index is 0.0163. The number of nitrogens with one attached hydrogen (secondary N) is 2. The summed E-state index contributed by atoms with van der Waals surface area (Å²) in [6, 6.07) is -0.344. The van der Waals surface area contributed by atoms with Crippen LogP contribution in [0.15, 0.2) is 4.79 Å². The molecule has 16 heteroatoms. The molecule has 1 fully saturated rings. The van der Waals surface area contributed by atoms with Gasteiger partial charge in [-0.3, -0.25) is 14.3 Å². The number of hydrogen-bond acceptors (Lipinski definition) is 13. The van der Waals surface area contributed by atoms with Crippen LogP contribution in [0.1, 0.15) is 38.8 Å². The molecule has 0 aromatic carbocycles. The number of aromatic nitrogens is 4. The van der Waals surface area contributed by atoms with Gasteiger partial charge in [-0.05, 0) is 6.42 Å². The van der Waals surface area contributed by atoms with Gasteiger partial charge in [0.25, 0.3) is 5.95 Å². The van der Waals surface area contributed by atoms with Gasteiger partial charge in [0.15, 0.2) is 17.4 Å². The normalized spacial score (nSPS) is 30.3. The molecule has 5 atom stereocenters. The van der Waals surface area contributed by atoms with Crippen molar-refractivity contribution < 1.29 is 38.1 Å². The number of phosphoric acid groups is 1. The molecule has 4 N–H and O–H groups in total. The average molecular weight is 474 g/mol. The number of nitrogens with zero attached hydrogens (tertiary/aromatic N) is 4. The molecule has 3 aliphatic heterocycles. The number of fused-ring (bicyclic) bond motifs is 2. The predicted molar refractivity (Wildman–Crippen MR) is 105 cm³/mol. The van der Waals surface area contributed by atoms with Gasteiger partial charge >= 0.3 is 19.4 Å². The van der Waals surface area contributed by atoms with E-state index in [9.17, 15) is 19.6 Å². The Morgan fingerprint density at radius 3 is 2.94 bits per heavy atom. The summed E-state index contributed by atoms with van der Waals surface area (Å²) < 4.78 is 36.1. The second-order valence-corrected chi connectivity index (χ2v) is 8.98. The summed E-state index contributed by atoms with van der Waals surface area (Å²) in [7, 11) is -4.18. The molecule has 2 aromatic heterocycles. The van der Waals surface area contributed by atoms with Crippen LogP contribution < -0.4 is 25.7 Å². The smallest absolute Gasteiger partial charge is 0.394 e. The van der Waals surface area contributed by atoms with Gasteiger partial charge in [0, 0.05) is 6.54 Å². The van der Waals surface area contributed by atoms with Crippen LogP contribution in [0.3, 0.4) is 0 Å². The molecule has 0 amide bonds. The zero-order chi connectivity index (χ0) is 22.5. The van der Waals surface area contributed by atoms with Crippen LogP contribution in [-0.2, 0) is 18.8 Å². The Hall–Kier alpha value is -2.26. The monoisotopic (exact) mass is 474 g/mol. The number of rotatable bonds is 9. The van der Waals surface area contributed by atoms with Crippen LogP contribution in [0, 0.1) is 0 Å². The number of hydroxylamine groups is 1. The van der Waals surface area contributed by atoms with E-state index < -0.39 is 44.5 Å². The van der Waals surface area contributed by atoms with E-state index >= 15 is 0 Å². The lowest BCUT2D eigenvalue weighted by atomic mass is 10.1. The molecule has 176 valence electrons. The van der Waals surface area contributed by atoms with Gasteiger partial charge < -0.3 is 19.5 Å². The SMILES string of the molecule is CCCCCCNOC1C(CO)OC(n2c3nc4c(=O)nc5n(c42)OP(=O)(ON5)O3)C1O. The van der Waals surface area contributed by atoms with E-state index in [0.29, 0.717) is 6.54 Å². The number of imidazole rings is 1. The van der Waals surface area contributed by atoms with E-state index in [0.717, 1.165) is 30.4 Å². The molecule has 2 aromatic rings. The molecule has 4 bridgehead atoms. The highest BCUT2D eigenvalue weighted by atomic mass is 31.2. The Morgan fingerprint density at radius 1 is 1.31 bits per heavy atom. The standard InChI is InChI=1S/C16H23N6O9P/c1-2-3-4-5-6-17-28-11-8(7-23)27-14(10(11)24)21-13-9-12(25)19-15-20-30-32(26,31-22(13)15)29-16(21)18-9/h8,10-11,14,17,23-24H,2-7H2,1H3,(H,19,20,25). The van der Waals surface area contributed by atoms with Crippen molar-refractivity contribution >= 4 is 24.9 Å². The summed E-state index contributed by atoms with van der Waals surface area (Å²) in [4.78, 5) is 25.8. The third-order valence-electron chi connectivity index (χ3n) is 5.37. The number of hydrogen-bond donors (Lipinski definition) is 4. The maximum absolute atomic E-state index is 12.7. The van der Waals surface area contributed by atoms with Gasteiger partial charge in [-0.15, -0.1) is 9.35 Å². The molecule has 15 nitrogen and oxygen atoms in total. The van der Waals surface area contributed by atoms with E-state index in [1.165, 1.54) is 4.57 Å². The van der Waals surface area contributed by atoms with Crippen molar-refractivity contribution in [3.63, 3.8) is 0 Å². The van der Waals surface area contributed by atoms with Crippen molar-refractivity contribution in [1.82, 2.24) is 24.7 Å². The Bertz CT molecular complexity index is 1120. The van der Waals surface area contributed by atoms with Crippen molar-refractivity contribution in [3.8, 4) is 6.01 Å². The lowest BCUT2D eigenvalue weighted by Gasteiger charge is -2.23. The molecule has 5 rings (SSSR count). The first-order valence-corrected chi connectivity index (χ1v) is 11.7. The highest BCUT2D eigenvalue weighted by Gasteiger charge is 2.51. The third kappa shape index (κ3) is 3.46. The van der Waals surface area contributed by atoms with Crippen LogP contribution in [-0.4, -0.2) is 60.9 Å². The second-order valence-electron chi connectivity index (χ2n) is 7.56. The summed E-state index contributed by atoms with van der Waals surface area (Å²) in [6.07, 6.45) is -0.250. The van der Waals surface area contributed by atoms with E-state index in [-0.39, 0.29) is 23.1 Å². The Kier molecular flexibility index (Phi) is 5.57. The third-order valence-corrected chi connectivity index (χ3v) is 6.43. The number of aliphatic hydroxyl groups excluding tert-OH is 2. The fraction of sp³-hybridized carbons (Fsp3) is 0.688. The van der Waals surface area contributed by atoms with E-state index in [1.807, 2.05) is 0 Å². The lowest BCUT2D eigenvalue weighted by molar-refractivity contribution is -0.0984. The zero-order valence-corrected chi connectivity index (χ0v) is 17.9. The lowest BCUT2D eigenvalue weighted by Crippen LogP contribution is -2.40. The largest absolute Gasteiger partial charge is 0.632 e. The first kappa shape index (κ1) is 21.6. The Morgan fingerprint density at radius 2 is 2.16 bits per heavy atom. The minimum Gasteiger partial charge on any atom is -0.394 e. The summed E-state index contributed by atoms with van der Waals surface area (Å²) in [5.74, 6) is -0.195. The number of unbranched alkanes of at least 4 members (excludes halogenated alkanes) is 3. The summed E-state index contributed by atoms with van der Waals surface area (Å²) in [5, 5.41) is 20.7. The van der Waals surface area contributed by atoms with E-state index in [1.54, 1.807) is 0 Å². The molecular formula is C16H23N6O9P. The first-order chi connectivity index (χ1) is 15.5. The van der Waals surface area contributed by atoms with Crippen molar-refractivity contribution in [3.05, 3.63) is 10.4 Å². The molecule has 0 spiro atoms. The van der Waals surface area contributed by atoms with Gasteiger partial charge in [0.1, 0.15) is 18.3 Å². The van der Waals surface area contributed by atoms with E-state index in [2.05, 4.69) is 27.9 Å². The maximum atomic E-state index is 12.7. The highest BCUT2D eigenvalue weighted by Crippen LogP contribution is 2.52. The molecule has 32 heavy (non-hydrogen) atoms. The summed E-state index contributed by atoms with van der Waals surface area (Å²) in [5.41, 5.74) is 4.15. The predicted octanol–water partition coefficient (Wildman–Crippen LogP) is -0.400. The van der Waals surface area contributed by atoms with Gasteiger partial charge in [-0.2, -0.15) is 9.97 Å². The maximum Gasteiger partial charge on any atom is 0.632 e. The van der Waals surface area contributed by atoms with Crippen molar-refractivity contribution in [2.45, 2.75) is 57.1 Å². The minimum atomic E-state index is -4.18. The highest BCUT2D eigenvalue weighted by molar-refractivity contribution is 7.49. The molecule has 0 radical (unpaired) electrons. The molecule has 5 unspecified atom stereocenters. The van der Waals surface area contributed by atoms with Gasteiger partial charge in [0.2, 0.25) is 0 Å². The molecule has 0 aliphatic carbocycles.